The van der Waals surface area contributed by atoms with Gasteiger partial charge in [0, 0.05) is 32.7 Å². The first kappa shape index (κ1) is 23.9. The summed E-state index contributed by atoms with van der Waals surface area (Å²) in [5.41, 5.74) is 3.06. The molecule has 0 bridgehead atoms. The average molecular weight is 494 g/mol. The fourth-order valence-corrected chi connectivity index (χ4v) is 2.67. The minimum Gasteiger partial charge on any atom is -0.357 e. The fraction of sp³-hybridized carbons (Fsp3) is 0.364. The summed E-state index contributed by atoms with van der Waals surface area (Å²) in [7, 11) is 3.51. The summed E-state index contributed by atoms with van der Waals surface area (Å²) in [6.07, 6.45) is 0. The highest BCUT2D eigenvalue weighted by atomic mass is 127. The smallest absolute Gasteiger partial charge is 0.253 e. The van der Waals surface area contributed by atoms with E-state index in [1.165, 1.54) is 5.56 Å². The van der Waals surface area contributed by atoms with Gasteiger partial charge in [0.25, 0.3) is 5.91 Å². The van der Waals surface area contributed by atoms with E-state index < -0.39 is 0 Å². The van der Waals surface area contributed by atoms with E-state index in [1.54, 1.807) is 19.0 Å². The monoisotopic (exact) mass is 494 g/mol. The molecule has 1 unspecified atom stereocenters. The lowest BCUT2D eigenvalue weighted by Gasteiger charge is -2.16. The van der Waals surface area contributed by atoms with E-state index in [9.17, 15) is 4.79 Å². The van der Waals surface area contributed by atoms with Gasteiger partial charge in [-0.3, -0.25) is 4.79 Å². The van der Waals surface area contributed by atoms with Crippen molar-refractivity contribution in [2.45, 2.75) is 26.3 Å². The predicted molar refractivity (Wildman–Crippen MR) is 128 cm³/mol. The molecular weight excluding hydrogens is 463 g/mol. The van der Waals surface area contributed by atoms with Crippen LogP contribution in [0.5, 0.6) is 0 Å². The normalized spacial score (nSPS) is 11.9. The van der Waals surface area contributed by atoms with E-state index in [-0.39, 0.29) is 29.9 Å². The van der Waals surface area contributed by atoms with E-state index in [0.29, 0.717) is 18.0 Å². The van der Waals surface area contributed by atoms with Gasteiger partial charge in [-0.05, 0) is 36.1 Å². The van der Waals surface area contributed by atoms with Crippen molar-refractivity contribution in [2.24, 2.45) is 4.99 Å². The second-order valence-corrected chi connectivity index (χ2v) is 6.78. The second-order valence-electron chi connectivity index (χ2n) is 6.78. The highest BCUT2D eigenvalue weighted by Crippen LogP contribution is 2.13. The van der Waals surface area contributed by atoms with Crippen LogP contribution in [-0.2, 0) is 6.54 Å². The highest BCUT2D eigenvalue weighted by Gasteiger charge is 2.08. The number of nitrogens with zero attached hydrogens (tertiary/aromatic N) is 2. The zero-order valence-electron chi connectivity index (χ0n) is 17.1. The molecule has 0 saturated carbocycles. The Morgan fingerprint density at radius 3 is 2.25 bits per heavy atom. The Kier molecular flexibility index (Phi) is 10.6. The predicted octanol–water partition coefficient (Wildman–Crippen LogP) is 3.87. The highest BCUT2D eigenvalue weighted by molar-refractivity contribution is 14.0. The van der Waals surface area contributed by atoms with Crippen LogP contribution in [0.25, 0.3) is 0 Å². The van der Waals surface area contributed by atoms with Crippen molar-refractivity contribution in [2.75, 3.05) is 27.2 Å². The molecule has 28 heavy (non-hydrogen) atoms. The molecule has 6 heteroatoms. The van der Waals surface area contributed by atoms with Gasteiger partial charge in [0.1, 0.15) is 0 Å². The van der Waals surface area contributed by atoms with Crippen LogP contribution in [0.1, 0.15) is 41.3 Å². The molecule has 0 aromatic heterocycles. The molecule has 0 aliphatic carbocycles. The molecule has 2 aromatic carbocycles. The summed E-state index contributed by atoms with van der Waals surface area (Å²) in [4.78, 5) is 18.2. The van der Waals surface area contributed by atoms with Gasteiger partial charge in [0.05, 0.1) is 6.54 Å². The Balaban J connectivity index is 0.00000392. The van der Waals surface area contributed by atoms with Crippen molar-refractivity contribution < 1.29 is 4.79 Å². The van der Waals surface area contributed by atoms with Gasteiger partial charge in [-0.2, -0.15) is 0 Å². The second kappa shape index (κ2) is 12.4. The third-order valence-corrected chi connectivity index (χ3v) is 4.32. The third-order valence-electron chi connectivity index (χ3n) is 4.32. The maximum absolute atomic E-state index is 12.0. The molecule has 1 amide bonds. The molecule has 2 N–H and O–H groups in total. The molecule has 0 aliphatic rings. The Bertz CT molecular complexity index is 745. The number of hydrogen-bond acceptors (Lipinski definition) is 2. The van der Waals surface area contributed by atoms with E-state index in [0.717, 1.165) is 24.6 Å². The number of benzene rings is 2. The summed E-state index contributed by atoms with van der Waals surface area (Å²) in [5.74, 6) is 1.20. The van der Waals surface area contributed by atoms with E-state index >= 15 is 0 Å². The third kappa shape index (κ3) is 7.50. The van der Waals surface area contributed by atoms with Gasteiger partial charge in [-0.1, -0.05) is 49.4 Å². The SMILES string of the molecule is CCNC(=NCc1ccc(C(=O)N(C)C)cc1)NCC(C)c1ccccc1.I. The van der Waals surface area contributed by atoms with E-state index in [2.05, 4.69) is 53.7 Å². The van der Waals surface area contributed by atoms with Crippen LogP contribution in [-0.4, -0.2) is 44.0 Å². The summed E-state index contributed by atoms with van der Waals surface area (Å²) >= 11 is 0. The first-order valence-electron chi connectivity index (χ1n) is 9.39. The van der Waals surface area contributed by atoms with Gasteiger partial charge in [0.15, 0.2) is 5.96 Å². The lowest BCUT2D eigenvalue weighted by atomic mass is 10.0. The van der Waals surface area contributed by atoms with Crippen LogP contribution in [0.3, 0.4) is 0 Å². The molecular formula is C22H31IN4O. The van der Waals surface area contributed by atoms with E-state index in [4.69, 9.17) is 0 Å². The molecule has 0 spiro atoms. The molecule has 0 heterocycles. The number of nitrogens with one attached hydrogen (secondary N) is 2. The summed E-state index contributed by atoms with van der Waals surface area (Å²) in [5, 5.41) is 6.69. The molecule has 2 aromatic rings. The van der Waals surface area contributed by atoms with Gasteiger partial charge in [0.2, 0.25) is 0 Å². The number of carbonyl (C=O) groups excluding carboxylic acids is 1. The molecule has 0 fully saturated rings. The van der Waals surface area contributed by atoms with Gasteiger partial charge >= 0.3 is 0 Å². The quantitative estimate of drug-likeness (QED) is 0.349. The Hall–Kier alpha value is -2.09. The van der Waals surface area contributed by atoms with Crippen molar-refractivity contribution in [3.05, 3.63) is 71.3 Å². The molecule has 5 nitrogen and oxygen atoms in total. The number of hydrogen-bond donors (Lipinski definition) is 2. The standard InChI is InChI=1S/C22H30N4O.HI/c1-5-23-22(24-15-17(2)19-9-7-6-8-10-19)25-16-18-11-13-20(14-12-18)21(27)26(3)4;/h6-14,17H,5,15-16H2,1-4H3,(H2,23,24,25);1H. The largest absolute Gasteiger partial charge is 0.357 e. The Labute approximate surface area is 185 Å². The fourth-order valence-electron chi connectivity index (χ4n) is 2.67. The summed E-state index contributed by atoms with van der Waals surface area (Å²) in [6.45, 7) is 6.44. The molecule has 1 atom stereocenters. The Morgan fingerprint density at radius 1 is 1.04 bits per heavy atom. The van der Waals surface area contributed by atoms with Crippen molar-refractivity contribution in [3.8, 4) is 0 Å². The maximum atomic E-state index is 12.0. The summed E-state index contributed by atoms with van der Waals surface area (Å²) in [6, 6.07) is 18.1. The van der Waals surface area contributed by atoms with Crippen LogP contribution in [0, 0.1) is 0 Å². The van der Waals surface area contributed by atoms with Crippen molar-refractivity contribution in [1.29, 1.82) is 0 Å². The first-order chi connectivity index (χ1) is 13.0. The first-order valence-corrected chi connectivity index (χ1v) is 9.39. The number of aliphatic imine (C=N–C) groups is 1. The number of halogens is 1. The van der Waals surface area contributed by atoms with Crippen molar-refractivity contribution in [1.82, 2.24) is 15.5 Å². The van der Waals surface area contributed by atoms with Crippen molar-refractivity contribution in [3.63, 3.8) is 0 Å². The lowest BCUT2D eigenvalue weighted by Crippen LogP contribution is -2.39. The molecule has 2 rings (SSSR count). The van der Waals surface area contributed by atoms with Crippen LogP contribution in [0.2, 0.25) is 0 Å². The maximum Gasteiger partial charge on any atom is 0.253 e. The van der Waals surface area contributed by atoms with Crippen LogP contribution in [0.15, 0.2) is 59.6 Å². The van der Waals surface area contributed by atoms with Crippen LogP contribution >= 0.6 is 24.0 Å². The number of guanidine groups is 1. The van der Waals surface area contributed by atoms with Crippen molar-refractivity contribution >= 4 is 35.8 Å². The van der Waals surface area contributed by atoms with E-state index in [1.807, 2.05) is 30.3 Å². The Morgan fingerprint density at radius 2 is 1.68 bits per heavy atom. The van der Waals surface area contributed by atoms with Crippen LogP contribution in [0.4, 0.5) is 0 Å². The van der Waals surface area contributed by atoms with Gasteiger partial charge in [-0.25, -0.2) is 4.99 Å². The molecule has 0 aliphatic heterocycles. The molecule has 0 radical (unpaired) electrons. The summed E-state index contributed by atoms with van der Waals surface area (Å²) < 4.78 is 0. The topological polar surface area (TPSA) is 56.7 Å². The zero-order valence-corrected chi connectivity index (χ0v) is 19.4. The minimum atomic E-state index is 0. The number of carbonyl (C=O) groups is 1. The number of rotatable bonds is 7. The van der Waals surface area contributed by atoms with Gasteiger partial charge < -0.3 is 15.5 Å². The van der Waals surface area contributed by atoms with Gasteiger partial charge in [-0.15, -0.1) is 24.0 Å². The zero-order chi connectivity index (χ0) is 19.6. The number of amides is 1. The molecule has 0 saturated heterocycles. The molecule has 152 valence electrons. The van der Waals surface area contributed by atoms with Crippen LogP contribution < -0.4 is 10.6 Å². The minimum absolute atomic E-state index is 0. The lowest BCUT2D eigenvalue weighted by molar-refractivity contribution is 0.0827. The average Bonchev–Trinajstić information content (AvgIpc) is 2.70.